The van der Waals surface area contributed by atoms with E-state index >= 15 is 0 Å². The Morgan fingerprint density at radius 1 is 1.25 bits per heavy atom. The molecule has 0 unspecified atom stereocenters. The van der Waals surface area contributed by atoms with Crippen LogP contribution in [0.15, 0.2) is 24.3 Å². The lowest BCUT2D eigenvalue weighted by Gasteiger charge is -2.13. The lowest BCUT2D eigenvalue weighted by molar-refractivity contribution is 0.442. The highest BCUT2D eigenvalue weighted by molar-refractivity contribution is 5.44. The normalized spacial score (nSPS) is 11.2. The Morgan fingerprint density at radius 2 is 1.95 bits per heavy atom. The molecule has 0 saturated carbocycles. The highest BCUT2D eigenvalue weighted by Gasteiger charge is 2.19. The summed E-state index contributed by atoms with van der Waals surface area (Å²) in [6.45, 7) is 8.60. The quantitative estimate of drug-likeness (QED) is 0.892. The molecule has 0 aliphatic rings. The second kappa shape index (κ2) is 6.12. The molecule has 1 aromatic heterocycles. The monoisotopic (exact) mass is 272 g/mol. The Kier molecular flexibility index (Phi) is 4.48. The zero-order valence-electron chi connectivity index (χ0n) is 12.8. The molecule has 2 rings (SSSR count). The SMILES string of the molecule is CCCc1c(O)nn(-c2ccccc2C)c1CC(C)C. The fourth-order valence-electron chi connectivity index (χ4n) is 2.58. The number of para-hydroxylation sites is 1. The van der Waals surface area contributed by atoms with Crippen molar-refractivity contribution in [1.29, 1.82) is 0 Å². The van der Waals surface area contributed by atoms with E-state index in [-0.39, 0.29) is 5.88 Å². The zero-order chi connectivity index (χ0) is 14.7. The molecule has 3 heteroatoms. The largest absolute Gasteiger partial charge is 0.492 e. The van der Waals surface area contributed by atoms with E-state index in [9.17, 15) is 5.11 Å². The van der Waals surface area contributed by atoms with E-state index in [0.717, 1.165) is 36.2 Å². The first-order valence-corrected chi connectivity index (χ1v) is 7.40. The average Bonchev–Trinajstić information content (AvgIpc) is 2.68. The molecule has 108 valence electrons. The van der Waals surface area contributed by atoms with Gasteiger partial charge >= 0.3 is 0 Å². The molecule has 0 fully saturated rings. The molecule has 0 bridgehead atoms. The van der Waals surface area contributed by atoms with Crippen molar-refractivity contribution in [2.45, 2.75) is 47.0 Å². The zero-order valence-corrected chi connectivity index (χ0v) is 12.8. The van der Waals surface area contributed by atoms with Gasteiger partial charge in [-0.3, -0.25) is 0 Å². The number of benzene rings is 1. The number of hydrogen-bond donors (Lipinski definition) is 1. The van der Waals surface area contributed by atoms with Crippen LogP contribution in [0.5, 0.6) is 5.88 Å². The summed E-state index contributed by atoms with van der Waals surface area (Å²) < 4.78 is 1.93. The summed E-state index contributed by atoms with van der Waals surface area (Å²) in [5.74, 6) is 0.718. The number of nitrogens with zero attached hydrogens (tertiary/aromatic N) is 2. The molecule has 3 nitrogen and oxygen atoms in total. The number of aromatic hydroxyl groups is 1. The number of hydrogen-bond acceptors (Lipinski definition) is 2. The maximum absolute atomic E-state index is 10.2. The Hall–Kier alpha value is -1.77. The van der Waals surface area contributed by atoms with E-state index in [4.69, 9.17) is 0 Å². The standard InChI is InChI=1S/C17H24N2O/c1-5-8-14-16(11-12(2)3)19(18-17(14)20)15-10-7-6-9-13(15)4/h6-7,9-10,12H,5,8,11H2,1-4H3,(H,18,20). The van der Waals surface area contributed by atoms with E-state index in [1.807, 2.05) is 16.8 Å². The van der Waals surface area contributed by atoms with Gasteiger partial charge in [0.05, 0.1) is 11.4 Å². The third-order valence-electron chi connectivity index (χ3n) is 3.51. The van der Waals surface area contributed by atoms with Crippen LogP contribution in [0.2, 0.25) is 0 Å². The average molecular weight is 272 g/mol. The van der Waals surface area contributed by atoms with E-state index in [0.29, 0.717) is 5.92 Å². The third kappa shape index (κ3) is 2.87. The van der Waals surface area contributed by atoms with Crippen LogP contribution in [0.1, 0.15) is 44.0 Å². The first kappa shape index (κ1) is 14.6. The molecule has 0 saturated heterocycles. The smallest absolute Gasteiger partial charge is 0.234 e. The Labute approximate surface area is 121 Å². The van der Waals surface area contributed by atoms with Gasteiger partial charge < -0.3 is 5.11 Å². The maximum Gasteiger partial charge on any atom is 0.234 e. The van der Waals surface area contributed by atoms with Crippen molar-refractivity contribution in [1.82, 2.24) is 9.78 Å². The topological polar surface area (TPSA) is 38.1 Å². The van der Waals surface area contributed by atoms with Crippen molar-refractivity contribution in [3.05, 3.63) is 41.1 Å². The first-order valence-electron chi connectivity index (χ1n) is 7.40. The molecule has 20 heavy (non-hydrogen) atoms. The molecule has 0 atom stereocenters. The van der Waals surface area contributed by atoms with Crippen LogP contribution in [-0.4, -0.2) is 14.9 Å². The van der Waals surface area contributed by atoms with Gasteiger partial charge in [0, 0.05) is 5.56 Å². The summed E-state index contributed by atoms with van der Waals surface area (Å²) in [7, 11) is 0. The van der Waals surface area contributed by atoms with E-state index in [1.165, 1.54) is 5.56 Å². The van der Waals surface area contributed by atoms with Gasteiger partial charge in [0.25, 0.3) is 0 Å². The van der Waals surface area contributed by atoms with Gasteiger partial charge in [0.2, 0.25) is 5.88 Å². The second-order valence-electron chi connectivity index (χ2n) is 5.80. The Bertz CT molecular complexity index is 585. The van der Waals surface area contributed by atoms with Crippen molar-refractivity contribution in [2.75, 3.05) is 0 Å². The van der Waals surface area contributed by atoms with Crippen LogP contribution >= 0.6 is 0 Å². The van der Waals surface area contributed by atoms with Crippen LogP contribution in [0.4, 0.5) is 0 Å². The maximum atomic E-state index is 10.2. The molecule has 0 radical (unpaired) electrons. The molecular weight excluding hydrogens is 248 g/mol. The molecule has 2 aromatic rings. The Morgan fingerprint density at radius 3 is 2.55 bits per heavy atom. The van der Waals surface area contributed by atoms with Crippen molar-refractivity contribution in [3.8, 4) is 11.6 Å². The van der Waals surface area contributed by atoms with Crippen molar-refractivity contribution in [3.63, 3.8) is 0 Å². The highest BCUT2D eigenvalue weighted by atomic mass is 16.3. The van der Waals surface area contributed by atoms with Gasteiger partial charge in [-0.1, -0.05) is 45.4 Å². The lowest BCUT2D eigenvalue weighted by Crippen LogP contribution is -2.08. The summed E-state index contributed by atoms with van der Waals surface area (Å²) in [5, 5.41) is 14.6. The van der Waals surface area contributed by atoms with Gasteiger partial charge in [-0.25, -0.2) is 4.68 Å². The summed E-state index contributed by atoms with van der Waals surface area (Å²) in [4.78, 5) is 0. The minimum atomic E-state index is 0.186. The predicted octanol–water partition coefficient (Wildman–Crippen LogP) is 4.04. The molecule has 0 spiro atoms. The molecular formula is C17H24N2O. The van der Waals surface area contributed by atoms with Crippen molar-refractivity contribution < 1.29 is 5.11 Å². The number of aromatic nitrogens is 2. The van der Waals surface area contributed by atoms with Crippen LogP contribution in [0.25, 0.3) is 5.69 Å². The predicted molar refractivity (Wildman–Crippen MR) is 82.5 cm³/mol. The fourth-order valence-corrected chi connectivity index (χ4v) is 2.58. The molecule has 1 aromatic carbocycles. The van der Waals surface area contributed by atoms with Crippen LogP contribution in [-0.2, 0) is 12.8 Å². The minimum Gasteiger partial charge on any atom is -0.492 e. The summed E-state index contributed by atoms with van der Waals surface area (Å²) >= 11 is 0. The van der Waals surface area contributed by atoms with Gasteiger partial charge in [-0.2, -0.15) is 0 Å². The van der Waals surface area contributed by atoms with Crippen molar-refractivity contribution in [2.24, 2.45) is 5.92 Å². The van der Waals surface area contributed by atoms with Crippen LogP contribution < -0.4 is 0 Å². The van der Waals surface area contributed by atoms with Gasteiger partial charge in [0.15, 0.2) is 0 Å². The van der Waals surface area contributed by atoms with E-state index in [2.05, 4.69) is 44.9 Å². The molecule has 0 aliphatic carbocycles. The molecule has 0 aliphatic heterocycles. The highest BCUT2D eigenvalue weighted by Crippen LogP contribution is 2.28. The summed E-state index contributed by atoms with van der Waals surface area (Å²) in [6.07, 6.45) is 2.81. The van der Waals surface area contributed by atoms with Crippen molar-refractivity contribution >= 4 is 0 Å². The summed E-state index contributed by atoms with van der Waals surface area (Å²) in [6, 6.07) is 8.17. The molecule has 1 heterocycles. The van der Waals surface area contributed by atoms with E-state index in [1.54, 1.807) is 0 Å². The lowest BCUT2D eigenvalue weighted by atomic mass is 10.0. The van der Waals surface area contributed by atoms with Gasteiger partial charge in [0.1, 0.15) is 0 Å². The van der Waals surface area contributed by atoms with Gasteiger partial charge in [-0.05, 0) is 37.3 Å². The van der Waals surface area contributed by atoms with Crippen LogP contribution in [0.3, 0.4) is 0 Å². The first-order chi connectivity index (χ1) is 9.54. The Balaban J connectivity index is 2.57. The number of rotatable bonds is 5. The van der Waals surface area contributed by atoms with E-state index < -0.39 is 0 Å². The van der Waals surface area contributed by atoms with Crippen LogP contribution in [0, 0.1) is 12.8 Å². The fraction of sp³-hybridized carbons (Fsp3) is 0.471. The summed E-state index contributed by atoms with van der Waals surface area (Å²) in [5.41, 5.74) is 4.38. The second-order valence-corrected chi connectivity index (χ2v) is 5.80. The minimum absolute atomic E-state index is 0.186. The number of aryl methyl sites for hydroxylation is 1. The molecule has 0 amide bonds. The molecule has 1 N–H and O–H groups in total. The third-order valence-corrected chi connectivity index (χ3v) is 3.51. The van der Waals surface area contributed by atoms with Gasteiger partial charge in [-0.15, -0.1) is 5.10 Å².